The van der Waals surface area contributed by atoms with Crippen molar-refractivity contribution in [2.45, 2.75) is 37.8 Å². The lowest BCUT2D eigenvalue weighted by Gasteiger charge is -2.29. The first-order valence-corrected chi connectivity index (χ1v) is 7.48. The fourth-order valence-electron chi connectivity index (χ4n) is 3.85. The summed E-state index contributed by atoms with van der Waals surface area (Å²) in [6.45, 7) is 0.295. The number of hydrogen-bond acceptors (Lipinski definition) is 3. The normalized spacial score (nSPS) is 34.0. The van der Waals surface area contributed by atoms with Crippen LogP contribution < -0.4 is 14.8 Å². The van der Waals surface area contributed by atoms with Crippen molar-refractivity contribution in [3.05, 3.63) is 24.3 Å². The minimum atomic E-state index is -0.524. The van der Waals surface area contributed by atoms with Gasteiger partial charge < -0.3 is 14.8 Å². The molecule has 1 aliphatic heterocycles. The fraction of sp³-hybridized carbons (Fsp3) is 0.562. The Morgan fingerprint density at radius 1 is 1.15 bits per heavy atom. The van der Waals surface area contributed by atoms with E-state index in [0.717, 1.165) is 18.1 Å². The van der Waals surface area contributed by atoms with Crippen LogP contribution in [-0.4, -0.2) is 24.7 Å². The second-order valence-electron chi connectivity index (χ2n) is 6.15. The first-order chi connectivity index (χ1) is 9.79. The molecular formula is C16H19NO3. The van der Waals surface area contributed by atoms with Crippen LogP contribution in [0.5, 0.6) is 11.5 Å². The van der Waals surface area contributed by atoms with Crippen LogP contribution in [0.3, 0.4) is 0 Å². The highest BCUT2D eigenvalue weighted by Gasteiger charge is 2.41. The molecule has 1 aromatic rings. The Labute approximate surface area is 118 Å². The molecule has 0 unspecified atom stereocenters. The van der Waals surface area contributed by atoms with Crippen molar-refractivity contribution in [2.75, 3.05) is 6.61 Å². The van der Waals surface area contributed by atoms with Gasteiger partial charge in [0.05, 0.1) is 0 Å². The number of ether oxygens (including phenoxy) is 2. The van der Waals surface area contributed by atoms with Crippen molar-refractivity contribution in [2.24, 2.45) is 11.8 Å². The number of rotatable bonds is 2. The highest BCUT2D eigenvalue weighted by Crippen LogP contribution is 2.44. The van der Waals surface area contributed by atoms with Gasteiger partial charge in [-0.05, 0) is 43.2 Å². The van der Waals surface area contributed by atoms with E-state index >= 15 is 0 Å². The number of nitrogens with one attached hydrogen (secondary N) is 1. The highest BCUT2D eigenvalue weighted by molar-refractivity contribution is 5.82. The van der Waals surface area contributed by atoms with Gasteiger partial charge in [-0.3, -0.25) is 4.79 Å². The minimum Gasteiger partial charge on any atom is -0.485 e. The summed E-state index contributed by atoms with van der Waals surface area (Å²) in [6, 6.07) is 7.84. The summed E-state index contributed by atoms with van der Waals surface area (Å²) in [4.78, 5) is 12.3. The second-order valence-corrected chi connectivity index (χ2v) is 6.15. The van der Waals surface area contributed by atoms with Gasteiger partial charge in [0, 0.05) is 6.04 Å². The lowest BCUT2D eigenvalue weighted by atomic mass is 9.95. The van der Waals surface area contributed by atoms with Crippen LogP contribution in [-0.2, 0) is 4.79 Å². The lowest BCUT2D eigenvalue weighted by molar-refractivity contribution is -0.131. The van der Waals surface area contributed by atoms with Crippen LogP contribution in [0.4, 0.5) is 0 Å². The Balaban J connectivity index is 1.40. The first kappa shape index (κ1) is 12.1. The third-order valence-corrected chi connectivity index (χ3v) is 4.87. The molecular weight excluding hydrogens is 254 g/mol. The molecule has 4 heteroatoms. The summed E-state index contributed by atoms with van der Waals surface area (Å²) in [5.74, 6) is 2.86. The van der Waals surface area contributed by atoms with Gasteiger partial charge in [-0.15, -0.1) is 0 Å². The standard InChI is InChI=1S/C16H19NO3/c18-16(17-12-8-10-5-6-11(12)7-10)15-9-19-13-3-1-2-4-14(13)20-15/h1-4,10-12,15H,5-9H2,(H,17,18)/t10-,11-,12+,15-/m0/s1. The molecule has 4 atom stereocenters. The Hall–Kier alpha value is -1.71. The molecule has 2 bridgehead atoms. The van der Waals surface area contributed by atoms with E-state index in [2.05, 4.69) is 5.32 Å². The number of hydrogen-bond donors (Lipinski definition) is 1. The first-order valence-electron chi connectivity index (χ1n) is 7.48. The van der Waals surface area contributed by atoms with Gasteiger partial charge in [0.25, 0.3) is 5.91 Å². The molecule has 0 aromatic heterocycles. The van der Waals surface area contributed by atoms with Crippen molar-refractivity contribution >= 4 is 5.91 Å². The number of benzene rings is 1. The van der Waals surface area contributed by atoms with Gasteiger partial charge in [0.2, 0.25) is 6.10 Å². The molecule has 3 aliphatic rings. The Kier molecular flexibility index (Phi) is 2.83. The second kappa shape index (κ2) is 4.69. The maximum atomic E-state index is 12.3. The van der Waals surface area contributed by atoms with E-state index in [1.807, 2.05) is 24.3 Å². The van der Waals surface area contributed by atoms with Crippen LogP contribution in [0.1, 0.15) is 25.7 Å². The van der Waals surface area contributed by atoms with E-state index < -0.39 is 6.10 Å². The van der Waals surface area contributed by atoms with Crippen LogP contribution >= 0.6 is 0 Å². The molecule has 106 valence electrons. The average Bonchev–Trinajstić information content (AvgIpc) is 3.09. The summed E-state index contributed by atoms with van der Waals surface area (Å²) in [6.07, 6.45) is 4.51. The molecule has 2 aliphatic carbocycles. The SMILES string of the molecule is O=C(N[C@@H]1C[C@H]2CC[C@H]1C2)[C@@H]1COc2ccccc2O1. The summed E-state index contributed by atoms with van der Waals surface area (Å²) in [5.41, 5.74) is 0. The zero-order valence-corrected chi connectivity index (χ0v) is 11.4. The lowest BCUT2D eigenvalue weighted by Crippen LogP contribution is -2.49. The number of carbonyl (C=O) groups is 1. The Bertz CT molecular complexity index is 530. The van der Waals surface area contributed by atoms with Crippen molar-refractivity contribution in [1.29, 1.82) is 0 Å². The average molecular weight is 273 g/mol. The number of amides is 1. The molecule has 2 fully saturated rings. The largest absolute Gasteiger partial charge is 0.485 e. The van der Waals surface area contributed by atoms with E-state index in [1.165, 1.54) is 19.3 Å². The molecule has 1 heterocycles. The van der Waals surface area contributed by atoms with Crippen molar-refractivity contribution in [3.63, 3.8) is 0 Å². The fourth-order valence-corrected chi connectivity index (χ4v) is 3.85. The Morgan fingerprint density at radius 2 is 2.00 bits per heavy atom. The number of para-hydroxylation sites is 2. The number of carbonyl (C=O) groups excluding carboxylic acids is 1. The molecule has 0 radical (unpaired) electrons. The highest BCUT2D eigenvalue weighted by atomic mass is 16.6. The zero-order chi connectivity index (χ0) is 13.5. The van der Waals surface area contributed by atoms with Crippen molar-refractivity contribution in [3.8, 4) is 11.5 Å². The summed E-state index contributed by atoms with van der Waals surface area (Å²) in [5, 5.41) is 3.17. The zero-order valence-electron chi connectivity index (χ0n) is 11.4. The molecule has 1 aromatic carbocycles. The predicted octanol–water partition coefficient (Wildman–Crippen LogP) is 2.13. The number of fused-ring (bicyclic) bond motifs is 3. The maximum absolute atomic E-state index is 12.3. The van der Waals surface area contributed by atoms with Crippen LogP contribution in [0.2, 0.25) is 0 Å². The minimum absolute atomic E-state index is 0.0305. The molecule has 0 saturated heterocycles. The third-order valence-electron chi connectivity index (χ3n) is 4.87. The van der Waals surface area contributed by atoms with Gasteiger partial charge in [-0.25, -0.2) is 0 Å². The van der Waals surface area contributed by atoms with Gasteiger partial charge >= 0.3 is 0 Å². The van der Waals surface area contributed by atoms with Gasteiger partial charge in [-0.1, -0.05) is 18.6 Å². The van der Waals surface area contributed by atoms with E-state index in [1.54, 1.807) is 0 Å². The van der Waals surface area contributed by atoms with Crippen LogP contribution in [0.25, 0.3) is 0 Å². The molecule has 1 amide bonds. The van der Waals surface area contributed by atoms with E-state index in [0.29, 0.717) is 24.3 Å². The van der Waals surface area contributed by atoms with Gasteiger partial charge in [0.15, 0.2) is 11.5 Å². The van der Waals surface area contributed by atoms with E-state index in [4.69, 9.17) is 9.47 Å². The van der Waals surface area contributed by atoms with Gasteiger partial charge in [0.1, 0.15) is 6.61 Å². The molecule has 0 spiro atoms. The van der Waals surface area contributed by atoms with Crippen LogP contribution in [0, 0.1) is 11.8 Å². The quantitative estimate of drug-likeness (QED) is 0.898. The van der Waals surface area contributed by atoms with Gasteiger partial charge in [-0.2, -0.15) is 0 Å². The Morgan fingerprint density at radius 3 is 2.75 bits per heavy atom. The molecule has 4 nitrogen and oxygen atoms in total. The molecule has 4 rings (SSSR count). The molecule has 2 saturated carbocycles. The van der Waals surface area contributed by atoms with Crippen molar-refractivity contribution < 1.29 is 14.3 Å². The van der Waals surface area contributed by atoms with Crippen LogP contribution in [0.15, 0.2) is 24.3 Å². The molecule has 1 N–H and O–H groups in total. The predicted molar refractivity (Wildman–Crippen MR) is 73.7 cm³/mol. The summed E-state index contributed by atoms with van der Waals surface area (Å²) >= 11 is 0. The smallest absolute Gasteiger partial charge is 0.264 e. The summed E-state index contributed by atoms with van der Waals surface area (Å²) in [7, 11) is 0. The topological polar surface area (TPSA) is 47.6 Å². The third kappa shape index (κ3) is 2.03. The molecule has 20 heavy (non-hydrogen) atoms. The van der Waals surface area contributed by atoms with E-state index in [-0.39, 0.29) is 5.91 Å². The summed E-state index contributed by atoms with van der Waals surface area (Å²) < 4.78 is 11.3. The van der Waals surface area contributed by atoms with Crippen molar-refractivity contribution in [1.82, 2.24) is 5.32 Å². The van der Waals surface area contributed by atoms with E-state index in [9.17, 15) is 4.79 Å². The monoisotopic (exact) mass is 273 g/mol. The maximum Gasteiger partial charge on any atom is 0.264 e.